The van der Waals surface area contributed by atoms with E-state index in [0.29, 0.717) is 10.9 Å². The van der Waals surface area contributed by atoms with Gasteiger partial charge in [0.05, 0.1) is 10.9 Å². The lowest BCUT2D eigenvalue weighted by atomic mass is 10.0. The van der Waals surface area contributed by atoms with Crippen molar-refractivity contribution < 1.29 is 4.42 Å². The molecule has 0 fully saturated rings. The van der Waals surface area contributed by atoms with Crippen LogP contribution in [0, 0.1) is 0 Å². The molecule has 0 aliphatic rings. The summed E-state index contributed by atoms with van der Waals surface area (Å²) < 4.78 is 4.53. The van der Waals surface area contributed by atoms with Gasteiger partial charge in [0, 0.05) is 0 Å². The summed E-state index contributed by atoms with van der Waals surface area (Å²) in [6, 6.07) is 15.3. The van der Waals surface area contributed by atoms with Crippen molar-refractivity contribution in [3.05, 3.63) is 80.6 Å². The largest absolute Gasteiger partial charge is 0.419 e. The lowest BCUT2D eigenvalue weighted by Crippen LogP contribution is -2.14. The molecule has 0 spiro atoms. The maximum atomic E-state index is 11.6. The van der Waals surface area contributed by atoms with Gasteiger partial charge in [-0.05, 0) is 29.7 Å². The summed E-state index contributed by atoms with van der Waals surface area (Å²) in [5.41, 5.74) is 2.06. The van der Waals surface area contributed by atoms with Gasteiger partial charge in [-0.15, -0.1) is 0 Å². The maximum Gasteiger partial charge on any atom is 0.419 e. The van der Waals surface area contributed by atoms with Gasteiger partial charge in [0.2, 0.25) is 0 Å². The molecule has 1 N–H and O–H groups in total. The quantitative estimate of drug-likeness (QED) is 0.760. The Balaban J connectivity index is 2.07. The van der Waals surface area contributed by atoms with Gasteiger partial charge in [-0.2, -0.15) is 0 Å². The van der Waals surface area contributed by atoms with E-state index < -0.39 is 11.4 Å². The first-order valence-corrected chi connectivity index (χ1v) is 5.92. The molecule has 0 atom stereocenters. The molecule has 3 rings (SSSR count). The van der Waals surface area contributed by atoms with Crippen LogP contribution in [0.25, 0.3) is 10.9 Å². The van der Waals surface area contributed by atoms with Crippen LogP contribution in [0.2, 0.25) is 0 Å². The van der Waals surface area contributed by atoms with Gasteiger partial charge in [0.15, 0.2) is 0 Å². The minimum Gasteiger partial charge on any atom is -0.372 e. The topological polar surface area (TPSA) is 63.1 Å². The number of benzene rings is 2. The normalized spacial score (nSPS) is 10.7. The highest BCUT2D eigenvalue weighted by Crippen LogP contribution is 2.13. The second kappa shape index (κ2) is 4.57. The first kappa shape index (κ1) is 11.5. The molecular formula is C15H11NO3. The predicted molar refractivity (Wildman–Crippen MR) is 72.4 cm³/mol. The fourth-order valence-electron chi connectivity index (χ4n) is 2.09. The number of rotatable bonds is 2. The first-order chi connectivity index (χ1) is 9.22. The van der Waals surface area contributed by atoms with E-state index in [0.717, 1.165) is 17.5 Å². The highest BCUT2D eigenvalue weighted by Gasteiger charge is 2.04. The summed E-state index contributed by atoms with van der Waals surface area (Å²) >= 11 is 0. The van der Waals surface area contributed by atoms with Crippen molar-refractivity contribution in [1.82, 2.24) is 4.98 Å². The molecule has 0 aliphatic heterocycles. The van der Waals surface area contributed by atoms with E-state index in [4.69, 9.17) is 0 Å². The first-order valence-electron chi connectivity index (χ1n) is 5.92. The molecule has 0 amide bonds. The molecule has 3 aromatic rings. The molecule has 0 bridgehead atoms. The summed E-state index contributed by atoms with van der Waals surface area (Å²) in [6.07, 6.45) is 0.731. The monoisotopic (exact) mass is 253 g/mol. The number of H-pyrrole nitrogens is 1. The molecule has 0 saturated carbocycles. The standard InChI is InChI=1S/C15H11NO3/c17-14-12-9-11(8-10-4-2-1-3-5-10)6-7-13(12)16-15(18)19-14/h1-7,9H,8H2,(H,16,18). The molecule has 0 aliphatic carbocycles. The van der Waals surface area contributed by atoms with E-state index in [1.54, 1.807) is 12.1 Å². The highest BCUT2D eigenvalue weighted by atomic mass is 16.4. The van der Waals surface area contributed by atoms with Crippen LogP contribution in [0.1, 0.15) is 11.1 Å². The average Bonchev–Trinajstić information content (AvgIpc) is 2.40. The summed E-state index contributed by atoms with van der Waals surface area (Å²) in [7, 11) is 0. The van der Waals surface area contributed by atoms with Crippen LogP contribution in [0.3, 0.4) is 0 Å². The zero-order valence-electron chi connectivity index (χ0n) is 10.1. The minimum atomic E-state index is -0.728. The second-order valence-corrected chi connectivity index (χ2v) is 4.34. The smallest absolute Gasteiger partial charge is 0.372 e. The van der Waals surface area contributed by atoms with E-state index in [1.165, 1.54) is 0 Å². The summed E-state index contributed by atoms with van der Waals surface area (Å²) in [5.74, 6) is -0.728. The van der Waals surface area contributed by atoms with Gasteiger partial charge in [-0.25, -0.2) is 9.59 Å². The molecule has 4 nitrogen and oxygen atoms in total. The van der Waals surface area contributed by atoms with E-state index >= 15 is 0 Å². The Morgan fingerprint density at radius 1 is 0.947 bits per heavy atom. The Morgan fingerprint density at radius 3 is 2.53 bits per heavy atom. The van der Waals surface area contributed by atoms with Crippen molar-refractivity contribution in [2.75, 3.05) is 0 Å². The third-order valence-electron chi connectivity index (χ3n) is 2.98. The lowest BCUT2D eigenvalue weighted by Gasteiger charge is -2.03. The Hall–Kier alpha value is -2.62. The van der Waals surface area contributed by atoms with Crippen molar-refractivity contribution >= 4 is 10.9 Å². The van der Waals surface area contributed by atoms with Crippen LogP contribution < -0.4 is 11.4 Å². The summed E-state index contributed by atoms with van der Waals surface area (Å²) in [6.45, 7) is 0. The third kappa shape index (κ3) is 2.33. The Bertz CT molecular complexity index is 831. The lowest BCUT2D eigenvalue weighted by molar-refractivity contribution is 0.460. The number of aromatic nitrogens is 1. The molecule has 0 radical (unpaired) electrons. The van der Waals surface area contributed by atoms with E-state index in [1.807, 2.05) is 36.4 Å². The SMILES string of the molecule is O=c1[nH]c2ccc(Cc3ccccc3)cc2c(=O)o1. The van der Waals surface area contributed by atoms with Gasteiger partial charge < -0.3 is 4.42 Å². The van der Waals surface area contributed by atoms with E-state index in [9.17, 15) is 9.59 Å². The molecule has 0 unspecified atom stereocenters. The van der Waals surface area contributed by atoms with Crippen molar-refractivity contribution in [2.45, 2.75) is 6.42 Å². The molecule has 0 saturated heterocycles. The van der Waals surface area contributed by atoms with E-state index in [2.05, 4.69) is 9.40 Å². The number of nitrogens with one attached hydrogen (secondary N) is 1. The van der Waals surface area contributed by atoms with Gasteiger partial charge >= 0.3 is 11.4 Å². The van der Waals surface area contributed by atoms with Gasteiger partial charge in [-0.3, -0.25) is 4.98 Å². The Kier molecular flexibility index (Phi) is 2.76. The molecule has 1 heterocycles. The number of hydrogen-bond donors (Lipinski definition) is 1. The fourth-order valence-corrected chi connectivity index (χ4v) is 2.09. The molecule has 19 heavy (non-hydrogen) atoms. The second-order valence-electron chi connectivity index (χ2n) is 4.34. The van der Waals surface area contributed by atoms with Crippen LogP contribution in [0.5, 0.6) is 0 Å². The van der Waals surface area contributed by atoms with E-state index in [-0.39, 0.29) is 0 Å². The van der Waals surface area contributed by atoms with Crippen LogP contribution in [-0.4, -0.2) is 4.98 Å². The molecule has 2 aromatic carbocycles. The van der Waals surface area contributed by atoms with Crippen LogP contribution >= 0.6 is 0 Å². The Morgan fingerprint density at radius 2 is 1.74 bits per heavy atom. The molecular weight excluding hydrogens is 242 g/mol. The molecule has 4 heteroatoms. The van der Waals surface area contributed by atoms with Crippen molar-refractivity contribution in [2.24, 2.45) is 0 Å². The minimum absolute atomic E-state index is 0.396. The number of fused-ring (bicyclic) bond motifs is 1. The van der Waals surface area contributed by atoms with Crippen molar-refractivity contribution in [1.29, 1.82) is 0 Å². The van der Waals surface area contributed by atoms with Gasteiger partial charge in [0.1, 0.15) is 0 Å². The van der Waals surface area contributed by atoms with Crippen molar-refractivity contribution in [3.63, 3.8) is 0 Å². The van der Waals surface area contributed by atoms with Gasteiger partial charge in [0.25, 0.3) is 0 Å². The fraction of sp³-hybridized carbons (Fsp3) is 0.0667. The number of aromatic amines is 1. The molecule has 1 aromatic heterocycles. The Labute approximate surface area is 108 Å². The van der Waals surface area contributed by atoms with Crippen molar-refractivity contribution in [3.8, 4) is 0 Å². The predicted octanol–water partition coefficient (Wildman–Crippen LogP) is 2.07. The van der Waals surface area contributed by atoms with Crippen LogP contribution in [-0.2, 0) is 6.42 Å². The third-order valence-corrected chi connectivity index (χ3v) is 2.98. The zero-order valence-corrected chi connectivity index (χ0v) is 10.1. The summed E-state index contributed by atoms with van der Waals surface area (Å²) in [4.78, 5) is 25.2. The molecule has 94 valence electrons. The maximum absolute atomic E-state index is 11.6. The van der Waals surface area contributed by atoms with Gasteiger partial charge in [-0.1, -0.05) is 36.4 Å². The highest BCUT2D eigenvalue weighted by molar-refractivity contribution is 5.77. The van der Waals surface area contributed by atoms with Crippen LogP contribution in [0.4, 0.5) is 0 Å². The number of hydrogen-bond acceptors (Lipinski definition) is 3. The summed E-state index contributed by atoms with van der Waals surface area (Å²) in [5, 5.41) is 0.396. The zero-order chi connectivity index (χ0) is 13.2. The van der Waals surface area contributed by atoms with Crippen LogP contribution in [0.15, 0.2) is 62.5 Å². The average molecular weight is 253 g/mol.